The van der Waals surface area contributed by atoms with Crippen LogP contribution in [0.1, 0.15) is 11.1 Å². The molecule has 0 atom stereocenters. The number of halogens is 1. The molecule has 0 N–H and O–H groups in total. The van der Waals surface area contributed by atoms with Gasteiger partial charge in [0.25, 0.3) is 0 Å². The quantitative estimate of drug-likeness (QED) is 0.736. The highest BCUT2D eigenvalue weighted by Crippen LogP contribution is 2.17. The van der Waals surface area contributed by atoms with E-state index in [1.165, 1.54) is 19.2 Å². The first-order chi connectivity index (χ1) is 11.3. The van der Waals surface area contributed by atoms with E-state index in [0.29, 0.717) is 10.6 Å². The molecule has 2 aromatic rings. The van der Waals surface area contributed by atoms with E-state index in [2.05, 4.69) is 0 Å². The summed E-state index contributed by atoms with van der Waals surface area (Å²) in [5, 5.41) is 0.492. The molecule has 2 rings (SSSR count). The van der Waals surface area contributed by atoms with Crippen LogP contribution in [0.4, 0.5) is 0 Å². The van der Waals surface area contributed by atoms with Crippen LogP contribution in [0, 0.1) is 6.92 Å². The number of nitrogens with zero attached hydrogens (tertiary/aromatic N) is 1. The van der Waals surface area contributed by atoms with Gasteiger partial charge in [-0.3, -0.25) is 4.79 Å². The first-order valence-electron chi connectivity index (χ1n) is 7.23. The van der Waals surface area contributed by atoms with Gasteiger partial charge in [-0.15, -0.1) is 0 Å². The summed E-state index contributed by atoms with van der Waals surface area (Å²) in [5.41, 5.74) is 1.62. The van der Waals surface area contributed by atoms with Gasteiger partial charge in [-0.25, -0.2) is 8.42 Å². The van der Waals surface area contributed by atoms with Crippen molar-refractivity contribution in [3.05, 3.63) is 64.7 Å². The van der Waals surface area contributed by atoms with Crippen LogP contribution in [-0.4, -0.2) is 32.3 Å². The number of sulfonamides is 1. The summed E-state index contributed by atoms with van der Waals surface area (Å²) in [5.74, 6) is -0.645. The van der Waals surface area contributed by atoms with Crippen LogP contribution < -0.4 is 0 Å². The number of hydrogen-bond donors (Lipinski definition) is 0. The molecule has 0 bridgehead atoms. The maximum atomic E-state index is 12.4. The maximum absolute atomic E-state index is 12.4. The summed E-state index contributed by atoms with van der Waals surface area (Å²) in [4.78, 5) is 12.0. The predicted octanol–water partition coefficient (Wildman–Crippen LogP) is 3.01. The number of carbonyl (C=O) groups is 1. The molecule has 0 unspecified atom stereocenters. The topological polar surface area (TPSA) is 63.7 Å². The summed E-state index contributed by atoms with van der Waals surface area (Å²) in [6.07, 6.45) is 0. The zero-order valence-electron chi connectivity index (χ0n) is 13.4. The van der Waals surface area contributed by atoms with Gasteiger partial charge in [-0.1, -0.05) is 47.5 Å². The van der Waals surface area contributed by atoms with Crippen molar-refractivity contribution in [3.63, 3.8) is 0 Å². The normalized spacial score (nSPS) is 11.5. The average molecular weight is 368 g/mol. The molecule has 7 heteroatoms. The largest absolute Gasteiger partial charge is 0.460 e. The fraction of sp³-hybridized carbons (Fsp3) is 0.235. The van der Waals surface area contributed by atoms with E-state index in [9.17, 15) is 13.2 Å². The van der Waals surface area contributed by atoms with Gasteiger partial charge in [0.2, 0.25) is 10.0 Å². The number of carbonyl (C=O) groups excluding carboxylic acids is 1. The molecular formula is C17H18ClNO4S. The smallest absolute Gasteiger partial charge is 0.321 e. The number of esters is 1. The third-order valence-corrected chi connectivity index (χ3v) is 5.61. The molecular weight excluding hydrogens is 350 g/mol. The van der Waals surface area contributed by atoms with Crippen LogP contribution in [0.25, 0.3) is 0 Å². The van der Waals surface area contributed by atoms with Crippen molar-refractivity contribution < 1.29 is 17.9 Å². The third kappa shape index (κ3) is 4.56. The van der Waals surface area contributed by atoms with Crippen LogP contribution in [0.2, 0.25) is 5.02 Å². The monoisotopic (exact) mass is 367 g/mol. The minimum Gasteiger partial charge on any atom is -0.460 e. The van der Waals surface area contributed by atoms with Gasteiger partial charge >= 0.3 is 5.97 Å². The first kappa shape index (κ1) is 18.4. The van der Waals surface area contributed by atoms with Crippen LogP contribution in [-0.2, 0) is 26.2 Å². The second-order valence-corrected chi connectivity index (χ2v) is 7.78. The molecule has 5 nitrogen and oxygen atoms in total. The van der Waals surface area contributed by atoms with Gasteiger partial charge in [0.05, 0.1) is 4.90 Å². The number of likely N-dealkylation sites (N-methyl/N-ethyl adjacent to an activating group) is 1. The Balaban J connectivity index is 1.98. The Morgan fingerprint density at radius 1 is 1.12 bits per heavy atom. The van der Waals surface area contributed by atoms with Gasteiger partial charge in [0.1, 0.15) is 13.2 Å². The number of benzene rings is 2. The summed E-state index contributed by atoms with van der Waals surface area (Å²) < 4.78 is 30.9. The molecule has 0 fully saturated rings. The minimum absolute atomic E-state index is 0.00305. The number of hydrogen-bond acceptors (Lipinski definition) is 4. The minimum atomic E-state index is -3.74. The lowest BCUT2D eigenvalue weighted by atomic mass is 10.2. The standard InChI is InChI=1S/C17H18ClNO4S/c1-13-7-9-15(10-8-13)24(21,22)19(2)11-17(20)23-12-14-5-3-4-6-16(14)18/h3-10H,11-12H2,1-2H3. The van der Waals surface area contributed by atoms with Gasteiger partial charge in [-0.05, 0) is 25.1 Å². The summed E-state index contributed by atoms with van der Waals surface area (Å²) in [6, 6.07) is 13.4. The van der Waals surface area contributed by atoms with Crippen LogP contribution in [0.3, 0.4) is 0 Å². The molecule has 24 heavy (non-hydrogen) atoms. The van der Waals surface area contributed by atoms with Crippen molar-refractivity contribution >= 4 is 27.6 Å². The number of rotatable bonds is 6. The predicted molar refractivity (Wildman–Crippen MR) is 92.2 cm³/mol. The van der Waals surface area contributed by atoms with Crippen LogP contribution >= 0.6 is 11.6 Å². The van der Waals surface area contributed by atoms with E-state index in [1.807, 2.05) is 6.92 Å². The zero-order valence-corrected chi connectivity index (χ0v) is 15.0. The van der Waals surface area contributed by atoms with Crippen molar-refractivity contribution in [2.75, 3.05) is 13.6 Å². The highest BCUT2D eigenvalue weighted by molar-refractivity contribution is 7.89. The maximum Gasteiger partial charge on any atom is 0.321 e. The molecule has 0 saturated heterocycles. The summed E-state index contributed by atoms with van der Waals surface area (Å²) >= 11 is 5.98. The fourth-order valence-electron chi connectivity index (χ4n) is 1.98. The van der Waals surface area contributed by atoms with Crippen molar-refractivity contribution in [2.24, 2.45) is 0 Å². The molecule has 128 valence electrons. The summed E-state index contributed by atoms with van der Waals surface area (Å²) in [6.45, 7) is 1.49. The fourth-order valence-corrected chi connectivity index (χ4v) is 3.28. The Kier molecular flexibility index (Phi) is 5.99. The highest BCUT2D eigenvalue weighted by Gasteiger charge is 2.23. The Hall–Kier alpha value is -1.89. The van der Waals surface area contributed by atoms with E-state index < -0.39 is 16.0 Å². The average Bonchev–Trinajstić information content (AvgIpc) is 2.54. The second-order valence-electron chi connectivity index (χ2n) is 5.33. The van der Waals surface area contributed by atoms with Crippen LogP contribution in [0.5, 0.6) is 0 Å². The number of ether oxygens (including phenoxy) is 1. The molecule has 2 aromatic carbocycles. The SMILES string of the molecule is Cc1ccc(S(=O)(=O)N(C)CC(=O)OCc2ccccc2Cl)cc1. The zero-order chi connectivity index (χ0) is 17.7. The molecule has 0 saturated carbocycles. The van der Waals surface area contributed by atoms with Crippen molar-refractivity contribution in [1.82, 2.24) is 4.31 Å². The Bertz CT molecular complexity index is 819. The lowest BCUT2D eigenvalue weighted by Gasteiger charge is -2.16. The third-order valence-electron chi connectivity index (χ3n) is 3.43. The molecule has 0 amide bonds. The molecule has 0 heterocycles. The number of aryl methyl sites for hydroxylation is 1. The second kappa shape index (κ2) is 7.79. The van der Waals surface area contributed by atoms with Gasteiger partial charge < -0.3 is 4.74 Å². The molecule has 0 radical (unpaired) electrons. The Labute approximate surface area is 146 Å². The van der Waals surface area contributed by atoms with E-state index in [0.717, 1.165) is 9.87 Å². The Morgan fingerprint density at radius 3 is 2.38 bits per heavy atom. The van der Waals surface area contributed by atoms with Gasteiger partial charge in [0, 0.05) is 17.6 Å². The molecule has 0 aliphatic rings. The van der Waals surface area contributed by atoms with Crippen molar-refractivity contribution in [1.29, 1.82) is 0 Å². The lowest BCUT2D eigenvalue weighted by Crippen LogP contribution is -2.33. The van der Waals surface area contributed by atoms with Gasteiger partial charge in [-0.2, -0.15) is 4.31 Å². The van der Waals surface area contributed by atoms with Gasteiger partial charge in [0.15, 0.2) is 0 Å². The first-order valence-corrected chi connectivity index (χ1v) is 9.04. The molecule has 0 aromatic heterocycles. The van der Waals surface area contributed by atoms with Crippen molar-refractivity contribution in [3.8, 4) is 0 Å². The lowest BCUT2D eigenvalue weighted by molar-refractivity contribution is -0.144. The van der Waals surface area contributed by atoms with Crippen LogP contribution in [0.15, 0.2) is 53.4 Å². The highest BCUT2D eigenvalue weighted by atomic mass is 35.5. The van der Waals surface area contributed by atoms with E-state index in [1.54, 1.807) is 36.4 Å². The molecule has 0 spiro atoms. The Morgan fingerprint density at radius 2 is 1.75 bits per heavy atom. The van der Waals surface area contributed by atoms with Crippen molar-refractivity contribution in [2.45, 2.75) is 18.4 Å². The summed E-state index contributed by atoms with van der Waals surface area (Å²) in [7, 11) is -2.40. The van der Waals surface area contributed by atoms with E-state index in [-0.39, 0.29) is 18.0 Å². The van der Waals surface area contributed by atoms with E-state index in [4.69, 9.17) is 16.3 Å². The molecule has 0 aliphatic heterocycles. The molecule has 0 aliphatic carbocycles. The van der Waals surface area contributed by atoms with E-state index >= 15 is 0 Å².